The molecule has 114 valence electrons. The minimum absolute atomic E-state index is 0.672. The summed E-state index contributed by atoms with van der Waals surface area (Å²) in [4.78, 5) is 2.10. The van der Waals surface area contributed by atoms with E-state index in [0.717, 1.165) is 37.6 Å². The highest BCUT2D eigenvalue weighted by atomic mass is 16.5. The van der Waals surface area contributed by atoms with E-state index in [0.29, 0.717) is 18.9 Å². The molecule has 0 unspecified atom stereocenters. The molecule has 1 aromatic carbocycles. The predicted molar refractivity (Wildman–Crippen MR) is 84.5 cm³/mol. The standard InChI is InChI=1S/C15H27N3O2/c1-4-9-20-15-12-13(5-6-14(15)16)17-7-10-19-11-8-18(2)3/h5-6,12,17H,4,7-11,16H2,1-3H3. The van der Waals surface area contributed by atoms with Gasteiger partial charge in [-0.2, -0.15) is 0 Å². The first-order valence-corrected chi connectivity index (χ1v) is 7.12. The number of hydrogen-bond donors (Lipinski definition) is 2. The lowest BCUT2D eigenvalue weighted by molar-refractivity contribution is 0.126. The van der Waals surface area contributed by atoms with Gasteiger partial charge >= 0.3 is 0 Å². The number of anilines is 2. The zero-order chi connectivity index (χ0) is 14.8. The Balaban J connectivity index is 2.29. The van der Waals surface area contributed by atoms with Gasteiger partial charge in [0.15, 0.2) is 0 Å². The Kier molecular flexibility index (Phi) is 7.84. The molecule has 0 atom stereocenters. The first-order chi connectivity index (χ1) is 9.63. The van der Waals surface area contributed by atoms with Crippen molar-refractivity contribution in [1.29, 1.82) is 0 Å². The van der Waals surface area contributed by atoms with E-state index in [1.807, 2.05) is 32.3 Å². The van der Waals surface area contributed by atoms with E-state index < -0.39 is 0 Å². The molecule has 3 N–H and O–H groups in total. The van der Waals surface area contributed by atoms with Crippen molar-refractivity contribution in [1.82, 2.24) is 4.90 Å². The van der Waals surface area contributed by atoms with Gasteiger partial charge < -0.3 is 25.4 Å². The van der Waals surface area contributed by atoms with Crippen LogP contribution in [0.1, 0.15) is 13.3 Å². The van der Waals surface area contributed by atoms with Gasteiger partial charge in [-0.3, -0.25) is 0 Å². The third kappa shape index (κ3) is 6.63. The average molecular weight is 281 g/mol. The van der Waals surface area contributed by atoms with Gasteiger partial charge in [0.1, 0.15) is 5.75 Å². The number of rotatable bonds is 10. The number of nitrogens with one attached hydrogen (secondary N) is 1. The Morgan fingerprint density at radius 3 is 2.70 bits per heavy atom. The quantitative estimate of drug-likeness (QED) is 0.508. The molecule has 1 aromatic rings. The maximum absolute atomic E-state index is 5.87. The second-order valence-corrected chi connectivity index (χ2v) is 4.94. The molecule has 5 nitrogen and oxygen atoms in total. The molecule has 0 aliphatic rings. The third-order valence-corrected chi connectivity index (χ3v) is 2.73. The van der Waals surface area contributed by atoms with Crippen molar-refractivity contribution in [2.75, 3.05) is 58.1 Å². The van der Waals surface area contributed by atoms with Gasteiger partial charge in [0.05, 0.1) is 25.5 Å². The zero-order valence-electron chi connectivity index (χ0n) is 12.8. The maximum atomic E-state index is 5.87. The molecular formula is C15H27N3O2. The average Bonchev–Trinajstić information content (AvgIpc) is 2.42. The predicted octanol–water partition coefficient (Wildman–Crippen LogP) is 2.05. The summed E-state index contributed by atoms with van der Waals surface area (Å²) in [5.74, 6) is 0.741. The Morgan fingerprint density at radius 1 is 1.20 bits per heavy atom. The van der Waals surface area contributed by atoms with Crippen LogP contribution in [0.3, 0.4) is 0 Å². The molecule has 1 rings (SSSR count). The molecule has 5 heteroatoms. The van der Waals surface area contributed by atoms with Crippen LogP contribution < -0.4 is 15.8 Å². The van der Waals surface area contributed by atoms with Crippen molar-refractivity contribution < 1.29 is 9.47 Å². The van der Waals surface area contributed by atoms with E-state index in [1.54, 1.807) is 0 Å². The lowest BCUT2D eigenvalue weighted by Gasteiger charge is -2.12. The Morgan fingerprint density at radius 2 is 2.00 bits per heavy atom. The highest BCUT2D eigenvalue weighted by molar-refractivity contribution is 5.61. The first-order valence-electron chi connectivity index (χ1n) is 7.12. The molecule has 0 aromatic heterocycles. The molecule has 0 aliphatic heterocycles. The fraction of sp³-hybridized carbons (Fsp3) is 0.600. The number of ether oxygens (including phenoxy) is 2. The minimum Gasteiger partial charge on any atom is -0.491 e. The monoisotopic (exact) mass is 281 g/mol. The Bertz CT molecular complexity index is 383. The van der Waals surface area contributed by atoms with Crippen molar-refractivity contribution in [3.8, 4) is 5.75 Å². The van der Waals surface area contributed by atoms with Gasteiger partial charge in [-0.05, 0) is 32.6 Å². The largest absolute Gasteiger partial charge is 0.491 e. The van der Waals surface area contributed by atoms with Gasteiger partial charge in [0, 0.05) is 24.8 Å². The molecule has 0 radical (unpaired) electrons. The summed E-state index contributed by atoms with van der Waals surface area (Å²) < 4.78 is 11.1. The summed E-state index contributed by atoms with van der Waals surface area (Å²) >= 11 is 0. The zero-order valence-corrected chi connectivity index (χ0v) is 12.8. The van der Waals surface area contributed by atoms with E-state index in [9.17, 15) is 0 Å². The number of nitrogen functional groups attached to an aromatic ring is 1. The van der Waals surface area contributed by atoms with E-state index in [2.05, 4.69) is 17.1 Å². The van der Waals surface area contributed by atoms with Gasteiger partial charge in [-0.1, -0.05) is 6.92 Å². The van der Waals surface area contributed by atoms with Crippen LogP contribution in [0.25, 0.3) is 0 Å². The number of benzene rings is 1. The van der Waals surface area contributed by atoms with E-state index in [-0.39, 0.29) is 0 Å². The summed E-state index contributed by atoms with van der Waals surface area (Å²) in [6.07, 6.45) is 0.969. The molecule has 0 fully saturated rings. The number of nitrogens with two attached hydrogens (primary N) is 1. The molecular weight excluding hydrogens is 254 g/mol. The number of likely N-dealkylation sites (N-methyl/N-ethyl adjacent to an activating group) is 1. The lowest BCUT2D eigenvalue weighted by Crippen LogP contribution is -2.20. The molecule has 0 bridgehead atoms. The molecule has 0 spiro atoms. The number of hydrogen-bond acceptors (Lipinski definition) is 5. The first kappa shape index (κ1) is 16.6. The van der Waals surface area contributed by atoms with Crippen molar-refractivity contribution in [3.63, 3.8) is 0 Å². The second-order valence-electron chi connectivity index (χ2n) is 4.94. The summed E-state index contributed by atoms with van der Waals surface area (Å²) in [7, 11) is 4.07. The molecule has 0 heterocycles. The SMILES string of the molecule is CCCOc1cc(NCCOCCN(C)C)ccc1N. The summed E-state index contributed by atoms with van der Waals surface area (Å²) in [5.41, 5.74) is 7.54. The van der Waals surface area contributed by atoms with Crippen LogP contribution in [-0.2, 0) is 4.74 Å². The number of nitrogens with zero attached hydrogens (tertiary/aromatic N) is 1. The van der Waals surface area contributed by atoms with Crippen LogP contribution in [0, 0.1) is 0 Å². The highest BCUT2D eigenvalue weighted by Crippen LogP contribution is 2.25. The Hall–Kier alpha value is -1.46. The van der Waals surface area contributed by atoms with Crippen LogP contribution in [0.15, 0.2) is 18.2 Å². The summed E-state index contributed by atoms with van der Waals surface area (Å²) in [6, 6.07) is 5.75. The fourth-order valence-electron chi connectivity index (χ4n) is 1.60. The molecule has 0 saturated heterocycles. The normalized spacial score (nSPS) is 10.8. The van der Waals surface area contributed by atoms with Crippen LogP contribution in [-0.4, -0.2) is 51.9 Å². The molecule has 0 saturated carbocycles. The van der Waals surface area contributed by atoms with E-state index in [1.165, 1.54) is 0 Å². The topological polar surface area (TPSA) is 59.8 Å². The van der Waals surface area contributed by atoms with Crippen LogP contribution >= 0.6 is 0 Å². The molecule has 0 aliphatic carbocycles. The van der Waals surface area contributed by atoms with Crippen molar-refractivity contribution >= 4 is 11.4 Å². The van der Waals surface area contributed by atoms with Crippen molar-refractivity contribution in [2.45, 2.75) is 13.3 Å². The lowest BCUT2D eigenvalue weighted by atomic mass is 10.2. The van der Waals surface area contributed by atoms with Gasteiger partial charge in [0.25, 0.3) is 0 Å². The van der Waals surface area contributed by atoms with Gasteiger partial charge in [-0.25, -0.2) is 0 Å². The van der Waals surface area contributed by atoms with Crippen molar-refractivity contribution in [3.05, 3.63) is 18.2 Å². The highest BCUT2D eigenvalue weighted by Gasteiger charge is 2.02. The molecule has 20 heavy (non-hydrogen) atoms. The maximum Gasteiger partial charge on any atom is 0.144 e. The Labute approximate surface area is 122 Å². The van der Waals surface area contributed by atoms with Crippen molar-refractivity contribution in [2.24, 2.45) is 0 Å². The second kappa shape index (κ2) is 9.44. The third-order valence-electron chi connectivity index (χ3n) is 2.73. The van der Waals surface area contributed by atoms with Crippen LogP contribution in [0.4, 0.5) is 11.4 Å². The van der Waals surface area contributed by atoms with Gasteiger partial charge in [-0.15, -0.1) is 0 Å². The van der Waals surface area contributed by atoms with E-state index in [4.69, 9.17) is 15.2 Å². The minimum atomic E-state index is 0.672. The fourth-order valence-corrected chi connectivity index (χ4v) is 1.60. The van der Waals surface area contributed by atoms with Gasteiger partial charge in [0.2, 0.25) is 0 Å². The van der Waals surface area contributed by atoms with Crippen LogP contribution in [0.5, 0.6) is 5.75 Å². The van der Waals surface area contributed by atoms with E-state index >= 15 is 0 Å². The molecule has 0 amide bonds. The smallest absolute Gasteiger partial charge is 0.144 e. The summed E-state index contributed by atoms with van der Waals surface area (Å²) in [5, 5.41) is 3.30. The van der Waals surface area contributed by atoms with Crippen LogP contribution in [0.2, 0.25) is 0 Å². The summed E-state index contributed by atoms with van der Waals surface area (Å²) in [6.45, 7) is 5.90.